The number of amides is 2. The van der Waals surface area contributed by atoms with Crippen LogP contribution in [0.15, 0.2) is 24.3 Å². The van der Waals surface area contributed by atoms with Crippen LogP contribution in [0.3, 0.4) is 0 Å². The largest absolute Gasteiger partial charge is 0.358 e. The van der Waals surface area contributed by atoms with Crippen molar-refractivity contribution < 1.29 is 9.59 Å². The van der Waals surface area contributed by atoms with Crippen LogP contribution >= 0.6 is 11.3 Å². The standard InChI is InChI=1S/C17H22N4O2S/c1-18-15(22)10-20(2)16(23)11-21-9-5-7-13(21)17-19-12-6-3-4-8-14(12)24-17/h3-4,6,8,13H,5,7,9-11H2,1-2H3,(H,18,22)/t13-/m1/s1. The van der Waals surface area contributed by atoms with E-state index in [0.29, 0.717) is 6.54 Å². The van der Waals surface area contributed by atoms with Crippen molar-refractivity contribution in [3.63, 3.8) is 0 Å². The molecule has 1 N–H and O–H groups in total. The Hall–Kier alpha value is -1.99. The van der Waals surface area contributed by atoms with E-state index in [1.165, 1.54) is 9.60 Å². The van der Waals surface area contributed by atoms with Gasteiger partial charge < -0.3 is 10.2 Å². The van der Waals surface area contributed by atoms with E-state index >= 15 is 0 Å². The number of nitrogens with one attached hydrogen (secondary N) is 1. The lowest BCUT2D eigenvalue weighted by molar-refractivity contribution is -0.135. The highest BCUT2D eigenvalue weighted by atomic mass is 32.1. The summed E-state index contributed by atoms with van der Waals surface area (Å²) in [4.78, 5) is 32.2. The van der Waals surface area contributed by atoms with Gasteiger partial charge in [0.1, 0.15) is 5.01 Å². The van der Waals surface area contributed by atoms with E-state index < -0.39 is 0 Å². The van der Waals surface area contributed by atoms with Gasteiger partial charge in [-0.05, 0) is 31.5 Å². The second-order valence-electron chi connectivity index (χ2n) is 6.07. The van der Waals surface area contributed by atoms with E-state index in [9.17, 15) is 9.59 Å². The summed E-state index contributed by atoms with van der Waals surface area (Å²) in [6, 6.07) is 8.32. The normalized spacial score (nSPS) is 18.0. The first-order valence-corrected chi connectivity index (χ1v) is 8.94. The molecule has 2 aromatic rings. The lowest BCUT2D eigenvalue weighted by atomic mass is 10.2. The monoisotopic (exact) mass is 346 g/mol. The van der Waals surface area contributed by atoms with Crippen LogP contribution in [0.25, 0.3) is 10.2 Å². The molecule has 0 bridgehead atoms. The minimum absolute atomic E-state index is 0.0355. The lowest BCUT2D eigenvalue weighted by Crippen LogP contribution is -2.42. The minimum atomic E-state index is -0.157. The quantitative estimate of drug-likeness (QED) is 0.894. The number of carbonyl (C=O) groups excluding carboxylic acids is 2. The van der Waals surface area contributed by atoms with Gasteiger partial charge in [-0.25, -0.2) is 4.98 Å². The van der Waals surface area contributed by atoms with E-state index in [2.05, 4.69) is 16.3 Å². The molecule has 128 valence electrons. The summed E-state index contributed by atoms with van der Waals surface area (Å²) in [6.45, 7) is 1.31. The molecule has 0 radical (unpaired) electrons. The summed E-state index contributed by atoms with van der Waals surface area (Å²) >= 11 is 1.71. The molecule has 1 saturated heterocycles. The Morgan fingerprint density at radius 2 is 2.21 bits per heavy atom. The summed E-state index contributed by atoms with van der Waals surface area (Å²) in [5.74, 6) is -0.193. The van der Waals surface area contributed by atoms with Crippen LogP contribution in [0.1, 0.15) is 23.9 Å². The molecule has 0 spiro atoms. The van der Waals surface area contributed by atoms with Gasteiger partial charge in [0.25, 0.3) is 0 Å². The third kappa shape index (κ3) is 3.57. The molecule has 0 unspecified atom stereocenters. The second-order valence-corrected chi connectivity index (χ2v) is 7.13. The fraction of sp³-hybridized carbons (Fsp3) is 0.471. The van der Waals surface area contributed by atoms with Gasteiger partial charge in [0.2, 0.25) is 11.8 Å². The van der Waals surface area contributed by atoms with E-state index in [4.69, 9.17) is 4.98 Å². The summed E-state index contributed by atoms with van der Waals surface area (Å²) in [5, 5.41) is 3.62. The zero-order valence-corrected chi connectivity index (χ0v) is 14.8. The molecule has 7 heteroatoms. The Kier molecular flexibility index (Phi) is 5.11. The number of carbonyl (C=O) groups is 2. The Bertz CT molecular complexity index is 712. The predicted octanol–water partition coefficient (Wildman–Crippen LogP) is 1.64. The number of fused-ring (bicyclic) bond motifs is 1. The highest BCUT2D eigenvalue weighted by molar-refractivity contribution is 7.18. The number of benzene rings is 1. The minimum Gasteiger partial charge on any atom is -0.358 e. The third-order valence-corrected chi connectivity index (χ3v) is 5.52. The zero-order chi connectivity index (χ0) is 17.1. The van der Waals surface area contributed by atoms with Crippen LogP contribution in [0.4, 0.5) is 0 Å². The summed E-state index contributed by atoms with van der Waals surface area (Å²) in [7, 11) is 3.24. The van der Waals surface area contributed by atoms with Crippen LogP contribution in [-0.2, 0) is 9.59 Å². The Labute approximate surface area is 145 Å². The van der Waals surface area contributed by atoms with E-state index in [1.54, 1.807) is 25.4 Å². The van der Waals surface area contributed by atoms with Gasteiger partial charge >= 0.3 is 0 Å². The van der Waals surface area contributed by atoms with Gasteiger partial charge in [0.15, 0.2) is 0 Å². The average molecular weight is 346 g/mol. The van der Waals surface area contributed by atoms with Crippen molar-refractivity contribution in [3.8, 4) is 0 Å². The average Bonchev–Trinajstić information content (AvgIpc) is 3.20. The Morgan fingerprint density at radius 3 is 2.96 bits per heavy atom. The Morgan fingerprint density at radius 1 is 1.42 bits per heavy atom. The van der Waals surface area contributed by atoms with Crippen LogP contribution in [-0.4, -0.2) is 60.3 Å². The number of para-hydroxylation sites is 1. The molecule has 2 amide bonds. The molecule has 1 aromatic heterocycles. The maximum atomic E-state index is 12.4. The van der Waals surface area contributed by atoms with Gasteiger partial charge in [-0.3, -0.25) is 14.5 Å². The fourth-order valence-corrected chi connectivity index (χ4v) is 4.14. The van der Waals surface area contributed by atoms with Gasteiger partial charge in [0, 0.05) is 14.1 Å². The molecular weight excluding hydrogens is 324 g/mol. The molecule has 24 heavy (non-hydrogen) atoms. The zero-order valence-electron chi connectivity index (χ0n) is 14.0. The molecule has 1 fully saturated rings. The number of hydrogen-bond donors (Lipinski definition) is 1. The van der Waals surface area contributed by atoms with Crippen molar-refractivity contribution in [1.29, 1.82) is 0 Å². The molecule has 1 atom stereocenters. The topological polar surface area (TPSA) is 65.5 Å². The number of likely N-dealkylation sites (N-methyl/N-ethyl adjacent to an activating group) is 2. The predicted molar refractivity (Wildman–Crippen MR) is 94.9 cm³/mol. The molecule has 6 nitrogen and oxygen atoms in total. The van der Waals surface area contributed by atoms with Crippen molar-refractivity contribution in [2.24, 2.45) is 0 Å². The van der Waals surface area contributed by atoms with Crippen LogP contribution in [0.5, 0.6) is 0 Å². The maximum Gasteiger partial charge on any atom is 0.239 e. The number of nitrogens with zero attached hydrogens (tertiary/aromatic N) is 3. The van der Waals surface area contributed by atoms with Crippen molar-refractivity contribution in [3.05, 3.63) is 29.3 Å². The van der Waals surface area contributed by atoms with Crippen LogP contribution in [0, 0.1) is 0 Å². The van der Waals surface area contributed by atoms with E-state index in [0.717, 1.165) is 29.9 Å². The van der Waals surface area contributed by atoms with Crippen molar-refractivity contribution in [2.45, 2.75) is 18.9 Å². The smallest absolute Gasteiger partial charge is 0.239 e. The second kappa shape index (κ2) is 7.27. The van der Waals surface area contributed by atoms with Gasteiger partial charge in [-0.2, -0.15) is 0 Å². The van der Waals surface area contributed by atoms with Crippen LogP contribution < -0.4 is 5.32 Å². The van der Waals surface area contributed by atoms with Gasteiger partial charge in [-0.15, -0.1) is 11.3 Å². The number of aromatic nitrogens is 1. The van der Waals surface area contributed by atoms with Crippen molar-refractivity contribution >= 4 is 33.4 Å². The van der Waals surface area contributed by atoms with Gasteiger partial charge in [0.05, 0.1) is 29.3 Å². The van der Waals surface area contributed by atoms with Gasteiger partial charge in [-0.1, -0.05) is 12.1 Å². The molecule has 0 aliphatic carbocycles. The summed E-state index contributed by atoms with van der Waals surface area (Å²) in [6.07, 6.45) is 2.08. The first-order valence-electron chi connectivity index (χ1n) is 8.12. The molecule has 1 aliphatic rings. The summed E-state index contributed by atoms with van der Waals surface area (Å²) < 4.78 is 1.18. The number of rotatable bonds is 5. The first kappa shape index (κ1) is 16.9. The first-order chi connectivity index (χ1) is 11.6. The van der Waals surface area contributed by atoms with Crippen molar-refractivity contribution in [1.82, 2.24) is 20.1 Å². The molecular formula is C17H22N4O2S. The SMILES string of the molecule is CNC(=O)CN(C)C(=O)CN1CCC[C@@H]1c1nc2ccccc2s1. The highest BCUT2D eigenvalue weighted by Crippen LogP contribution is 2.36. The summed E-state index contributed by atoms with van der Waals surface area (Å²) in [5.41, 5.74) is 1.02. The number of thiazole rings is 1. The molecule has 2 heterocycles. The molecule has 1 aliphatic heterocycles. The highest BCUT2D eigenvalue weighted by Gasteiger charge is 2.30. The number of likely N-dealkylation sites (tertiary alicyclic amines) is 1. The van der Waals surface area contributed by atoms with Crippen LogP contribution in [0.2, 0.25) is 0 Å². The number of hydrogen-bond acceptors (Lipinski definition) is 5. The van der Waals surface area contributed by atoms with E-state index in [-0.39, 0.29) is 24.4 Å². The Balaban J connectivity index is 1.69. The molecule has 3 rings (SSSR count). The molecule has 0 saturated carbocycles. The van der Waals surface area contributed by atoms with Crippen molar-refractivity contribution in [2.75, 3.05) is 33.7 Å². The van der Waals surface area contributed by atoms with E-state index in [1.807, 2.05) is 18.2 Å². The third-order valence-electron chi connectivity index (χ3n) is 4.38. The lowest BCUT2D eigenvalue weighted by Gasteiger charge is -2.25. The molecule has 1 aromatic carbocycles. The maximum absolute atomic E-state index is 12.4. The fourth-order valence-electron chi connectivity index (χ4n) is 3.00.